The molecule has 0 aliphatic carbocycles. The molecule has 1 N–H and O–H groups in total. The average Bonchev–Trinajstić information content (AvgIpc) is 2.58. The van der Waals surface area contributed by atoms with Gasteiger partial charge >= 0.3 is 0 Å². The SMILES string of the molecule is C=CCOc1ccc(C=C(C#N)C(=O)Nc2cccc(Cl)c2)cc1. The number of carbonyl (C=O) groups excluding carboxylic acids is 1. The van der Waals surface area contributed by atoms with E-state index in [1.165, 1.54) is 6.08 Å². The molecule has 2 rings (SSSR count). The third kappa shape index (κ3) is 5.01. The molecule has 0 unspecified atom stereocenters. The lowest BCUT2D eigenvalue weighted by Gasteiger charge is -2.05. The lowest BCUT2D eigenvalue weighted by atomic mass is 10.1. The number of nitrogens with one attached hydrogen (secondary N) is 1. The molecule has 0 aliphatic rings. The van der Waals surface area contributed by atoms with Crippen molar-refractivity contribution < 1.29 is 9.53 Å². The molecule has 0 spiro atoms. The molecule has 5 heteroatoms. The number of ether oxygens (including phenoxy) is 1. The van der Waals surface area contributed by atoms with Crippen molar-refractivity contribution in [2.75, 3.05) is 11.9 Å². The van der Waals surface area contributed by atoms with Gasteiger partial charge in [0.25, 0.3) is 5.91 Å². The first-order valence-electron chi connectivity index (χ1n) is 7.15. The van der Waals surface area contributed by atoms with E-state index in [9.17, 15) is 10.1 Å². The fourth-order valence-electron chi connectivity index (χ4n) is 1.90. The Bertz CT molecular complexity index is 805. The van der Waals surface area contributed by atoms with Crippen LogP contribution in [-0.4, -0.2) is 12.5 Å². The summed E-state index contributed by atoms with van der Waals surface area (Å²) in [5.41, 5.74) is 1.25. The molecule has 0 heterocycles. The summed E-state index contributed by atoms with van der Waals surface area (Å²) in [6.45, 7) is 4.00. The molecule has 2 aromatic rings. The van der Waals surface area contributed by atoms with Crippen LogP contribution in [0.4, 0.5) is 5.69 Å². The summed E-state index contributed by atoms with van der Waals surface area (Å²) in [6.07, 6.45) is 3.17. The molecule has 0 aromatic heterocycles. The summed E-state index contributed by atoms with van der Waals surface area (Å²) >= 11 is 5.87. The van der Waals surface area contributed by atoms with Crippen molar-refractivity contribution in [2.45, 2.75) is 0 Å². The van der Waals surface area contributed by atoms with E-state index >= 15 is 0 Å². The molecule has 0 fully saturated rings. The van der Waals surface area contributed by atoms with Crippen LogP contribution in [-0.2, 0) is 4.79 Å². The topological polar surface area (TPSA) is 62.1 Å². The van der Waals surface area contributed by atoms with Crippen molar-refractivity contribution in [2.24, 2.45) is 0 Å². The molecule has 4 nitrogen and oxygen atoms in total. The Balaban J connectivity index is 2.12. The van der Waals surface area contributed by atoms with Crippen molar-refractivity contribution in [3.05, 3.63) is 77.3 Å². The van der Waals surface area contributed by atoms with Gasteiger partial charge in [-0.2, -0.15) is 5.26 Å². The lowest BCUT2D eigenvalue weighted by Crippen LogP contribution is -2.13. The third-order valence-electron chi connectivity index (χ3n) is 3.01. The van der Waals surface area contributed by atoms with Crippen LogP contribution < -0.4 is 10.1 Å². The van der Waals surface area contributed by atoms with E-state index in [-0.39, 0.29) is 5.57 Å². The fraction of sp³-hybridized carbons (Fsp3) is 0.0526. The van der Waals surface area contributed by atoms with Crippen LogP contribution in [0.15, 0.2) is 66.8 Å². The van der Waals surface area contributed by atoms with Gasteiger partial charge < -0.3 is 10.1 Å². The van der Waals surface area contributed by atoms with Crippen molar-refractivity contribution in [3.63, 3.8) is 0 Å². The summed E-state index contributed by atoms with van der Waals surface area (Å²) in [6, 6.07) is 15.7. The second-order valence-electron chi connectivity index (χ2n) is 4.80. The number of carbonyl (C=O) groups is 1. The molecule has 0 aliphatic heterocycles. The second kappa shape index (κ2) is 8.56. The van der Waals surface area contributed by atoms with Gasteiger partial charge in [0.15, 0.2) is 0 Å². The number of halogens is 1. The van der Waals surface area contributed by atoms with Crippen molar-refractivity contribution in [1.82, 2.24) is 0 Å². The van der Waals surface area contributed by atoms with Gasteiger partial charge in [0.1, 0.15) is 24.0 Å². The highest BCUT2D eigenvalue weighted by Crippen LogP contribution is 2.17. The Morgan fingerprint density at radius 2 is 2.04 bits per heavy atom. The summed E-state index contributed by atoms with van der Waals surface area (Å²) in [5.74, 6) is 0.195. The molecule has 0 saturated heterocycles. The number of nitrogens with zero attached hydrogens (tertiary/aromatic N) is 1. The molecule has 120 valence electrons. The van der Waals surface area contributed by atoms with Crippen LogP contribution in [0.1, 0.15) is 5.56 Å². The highest BCUT2D eigenvalue weighted by atomic mass is 35.5. The maximum atomic E-state index is 12.2. The number of rotatable bonds is 6. The predicted octanol–water partition coefficient (Wildman–Crippen LogP) is 4.45. The van der Waals surface area contributed by atoms with E-state index in [4.69, 9.17) is 16.3 Å². The summed E-state index contributed by atoms with van der Waals surface area (Å²) in [4.78, 5) is 12.2. The monoisotopic (exact) mass is 338 g/mol. The van der Waals surface area contributed by atoms with E-state index in [2.05, 4.69) is 11.9 Å². The summed E-state index contributed by atoms with van der Waals surface area (Å²) in [7, 11) is 0. The van der Waals surface area contributed by atoms with E-state index < -0.39 is 5.91 Å². The minimum Gasteiger partial charge on any atom is -0.490 e. The first-order valence-corrected chi connectivity index (χ1v) is 7.52. The van der Waals surface area contributed by atoms with Gasteiger partial charge in [-0.15, -0.1) is 0 Å². The largest absolute Gasteiger partial charge is 0.490 e. The number of benzene rings is 2. The van der Waals surface area contributed by atoms with Crippen molar-refractivity contribution >= 4 is 29.3 Å². The molecule has 1 amide bonds. The van der Waals surface area contributed by atoms with Gasteiger partial charge in [0, 0.05) is 10.7 Å². The number of amides is 1. The van der Waals surface area contributed by atoms with Crippen molar-refractivity contribution in [1.29, 1.82) is 5.26 Å². The van der Waals surface area contributed by atoms with Gasteiger partial charge in [-0.25, -0.2) is 0 Å². The van der Waals surface area contributed by atoms with Gasteiger partial charge in [-0.1, -0.05) is 42.5 Å². The lowest BCUT2D eigenvalue weighted by molar-refractivity contribution is -0.112. The van der Waals surface area contributed by atoms with Crippen LogP contribution >= 0.6 is 11.6 Å². The molecular weight excluding hydrogens is 324 g/mol. The van der Waals surface area contributed by atoms with E-state index in [0.717, 1.165) is 5.56 Å². The first-order chi connectivity index (χ1) is 11.6. The minimum absolute atomic E-state index is 0.00487. The summed E-state index contributed by atoms with van der Waals surface area (Å²) in [5, 5.41) is 12.4. The van der Waals surface area contributed by atoms with Crippen LogP contribution in [0.25, 0.3) is 6.08 Å². The standard InChI is InChI=1S/C19H15ClN2O2/c1-2-10-24-18-8-6-14(7-9-18)11-15(13-21)19(23)22-17-5-3-4-16(20)12-17/h2-9,11-12H,1,10H2,(H,22,23). The fourth-order valence-corrected chi connectivity index (χ4v) is 2.09. The van der Waals surface area contributed by atoms with Gasteiger partial charge in [-0.3, -0.25) is 4.79 Å². The Kier molecular flexibility index (Phi) is 6.18. The highest BCUT2D eigenvalue weighted by Gasteiger charge is 2.09. The molecule has 0 atom stereocenters. The zero-order valence-electron chi connectivity index (χ0n) is 12.8. The van der Waals surface area contributed by atoms with Crippen LogP contribution in [0.5, 0.6) is 5.75 Å². The van der Waals surface area contributed by atoms with Gasteiger partial charge in [0.05, 0.1) is 0 Å². The Labute approximate surface area is 145 Å². The number of hydrogen-bond acceptors (Lipinski definition) is 3. The third-order valence-corrected chi connectivity index (χ3v) is 3.24. The van der Waals surface area contributed by atoms with E-state index in [0.29, 0.717) is 23.1 Å². The zero-order chi connectivity index (χ0) is 17.4. The van der Waals surface area contributed by atoms with Gasteiger partial charge in [0.2, 0.25) is 0 Å². The second-order valence-corrected chi connectivity index (χ2v) is 5.24. The Morgan fingerprint density at radius 1 is 1.29 bits per heavy atom. The number of nitriles is 1. The van der Waals surface area contributed by atoms with Crippen LogP contribution in [0.3, 0.4) is 0 Å². The highest BCUT2D eigenvalue weighted by molar-refractivity contribution is 6.31. The molecule has 2 aromatic carbocycles. The summed E-state index contributed by atoms with van der Waals surface area (Å²) < 4.78 is 5.38. The zero-order valence-corrected chi connectivity index (χ0v) is 13.6. The average molecular weight is 339 g/mol. The predicted molar refractivity (Wildman–Crippen MR) is 95.8 cm³/mol. The van der Waals surface area contributed by atoms with E-state index in [1.54, 1.807) is 54.6 Å². The van der Waals surface area contributed by atoms with Crippen LogP contribution in [0.2, 0.25) is 5.02 Å². The molecule has 0 bridgehead atoms. The smallest absolute Gasteiger partial charge is 0.266 e. The maximum Gasteiger partial charge on any atom is 0.266 e. The molecular formula is C19H15ClN2O2. The Morgan fingerprint density at radius 3 is 2.67 bits per heavy atom. The minimum atomic E-state index is -0.494. The number of hydrogen-bond donors (Lipinski definition) is 1. The van der Waals surface area contributed by atoms with E-state index in [1.807, 2.05) is 6.07 Å². The van der Waals surface area contributed by atoms with Crippen molar-refractivity contribution in [3.8, 4) is 11.8 Å². The Hall–Kier alpha value is -3.03. The molecule has 24 heavy (non-hydrogen) atoms. The molecule has 0 radical (unpaired) electrons. The maximum absolute atomic E-state index is 12.2. The van der Waals surface area contributed by atoms with Gasteiger partial charge in [-0.05, 0) is 42.0 Å². The molecule has 0 saturated carbocycles. The first kappa shape index (κ1) is 17.3. The van der Waals surface area contributed by atoms with Crippen LogP contribution in [0, 0.1) is 11.3 Å². The normalized spacial score (nSPS) is 10.6. The quantitative estimate of drug-likeness (QED) is 0.481. The number of anilines is 1.